The summed E-state index contributed by atoms with van der Waals surface area (Å²) >= 11 is 0. The van der Waals surface area contributed by atoms with Crippen LogP contribution >= 0.6 is 0 Å². The van der Waals surface area contributed by atoms with Crippen LogP contribution in [0.3, 0.4) is 0 Å². The van der Waals surface area contributed by atoms with Crippen molar-refractivity contribution in [2.75, 3.05) is 13.1 Å². The van der Waals surface area contributed by atoms with Gasteiger partial charge in [0.15, 0.2) is 0 Å². The highest BCUT2D eigenvalue weighted by atomic mass is 16.3. The number of carbonyl (C=O) groups is 1. The SMILES string of the molecule is O=C(C1CC(O)CN1)N1CCCC1CC(O)c1ccccc1. The van der Waals surface area contributed by atoms with Crippen molar-refractivity contribution >= 4 is 5.91 Å². The van der Waals surface area contributed by atoms with E-state index in [0.717, 1.165) is 24.9 Å². The minimum atomic E-state index is -0.540. The molecule has 120 valence electrons. The number of hydrogen-bond donors (Lipinski definition) is 3. The molecule has 5 nitrogen and oxygen atoms in total. The van der Waals surface area contributed by atoms with Gasteiger partial charge in [-0.05, 0) is 31.2 Å². The van der Waals surface area contributed by atoms with E-state index in [1.807, 2.05) is 35.2 Å². The highest BCUT2D eigenvalue weighted by molar-refractivity contribution is 5.82. The van der Waals surface area contributed by atoms with E-state index in [9.17, 15) is 15.0 Å². The molecule has 2 saturated heterocycles. The van der Waals surface area contributed by atoms with Crippen LogP contribution in [0.5, 0.6) is 0 Å². The van der Waals surface area contributed by atoms with Gasteiger partial charge in [-0.3, -0.25) is 4.79 Å². The summed E-state index contributed by atoms with van der Waals surface area (Å²) in [5, 5.41) is 23.1. The molecule has 0 bridgehead atoms. The molecule has 3 N–H and O–H groups in total. The zero-order valence-electron chi connectivity index (χ0n) is 12.7. The highest BCUT2D eigenvalue weighted by Crippen LogP contribution is 2.28. The quantitative estimate of drug-likeness (QED) is 0.770. The Morgan fingerprint density at radius 3 is 2.82 bits per heavy atom. The maximum Gasteiger partial charge on any atom is 0.240 e. The van der Waals surface area contributed by atoms with Crippen molar-refractivity contribution in [3.8, 4) is 0 Å². The molecule has 2 fully saturated rings. The second-order valence-corrected chi connectivity index (χ2v) is 6.34. The van der Waals surface area contributed by atoms with E-state index in [1.54, 1.807) is 0 Å². The van der Waals surface area contributed by atoms with Gasteiger partial charge in [0.25, 0.3) is 0 Å². The molecule has 0 saturated carbocycles. The summed E-state index contributed by atoms with van der Waals surface area (Å²) in [6, 6.07) is 9.41. The van der Waals surface area contributed by atoms with Gasteiger partial charge in [0, 0.05) is 19.1 Å². The van der Waals surface area contributed by atoms with Crippen LogP contribution in [-0.2, 0) is 4.79 Å². The van der Waals surface area contributed by atoms with Crippen LogP contribution in [0.15, 0.2) is 30.3 Å². The molecule has 4 atom stereocenters. The molecule has 0 radical (unpaired) electrons. The predicted octanol–water partition coefficient (Wildman–Crippen LogP) is 0.824. The molecule has 0 aromatic heterocycles. The third-order valence-corrected chi connectivity index (χ3v) is 4.75. The number of aliphatic hydroxyl groups excluding tert-OH is 2. The van der Waals surface area contributed by atoms with Crippen molar-refractivity contribution in [3.63, 3.8) is 0 Å². The van der Waals surface area contributed by atoms with E-state index < -0.39 is 12.2 Å². The molecule has 1 aromatic rings. The fourth-order valence-electron chi connectivity index (χ4n) is 3.55. The van der Waals surface area contributed by atoms with E-state index in [2.05, 4.69) is 5.32 Å². The normalized spacial score (nSPS) is 29.7. The summed E-state index contributed by atoms with van der Waals surface area (Å²) in [7, 11) is 0. The zero-order chi connectivity index (χ0) is 15.5. The van der Waals surface area contributed by atoms with Gasteiger partial charge in [0.2, 0.25) is 5.91 Å². The molecule has 1 aromatic carbocycles. The van der Waals surface area contributed by atoms with E-state index in [0.29, 0.717) is 19.4 Å². The molecular formula is C17H24N2O3. The smallest absolute Gasteiger partial charge is 0.240 e. The Morgan fingerprint density at radius 1 is 1.36 bits per heavy atom. The third kappa shape index (κ3) is 3.32. The first-order valence-electron chi connectivity index (χ1n) is 8.10. The standard InChI is InChI=1S/C17H24N2O3/c20-14-10-15(18-11-14)17(22)19-8-4-7-13(19)9-16(21)12-5-2-1-3-6-12/h1-3,5-6,13-16,18,20-21H,4,7-11H2. The number of nitrogens with zero attached hydrogens (tertiary/aromatic N) is 1. The van der Waals surface area contributed by atoms with Gasteiger partial charge in [0.1, 0.15) is 0 Å². The number of likely N-dealkylation sites (tertiary alicyclic amines) is 1. The number of carbonyl (C=O) groups excluding carboxylic acids is 1. The number of benzene rings is 1. The third-order valence-electron chi connectivity index (χ3n) is 4.75. The summed E-state index contributed by atoms with van der Waals surface area (Å²) in [5.41, 5.74) is 0.899. The van der Waals surface area contributed by atoms with Crippen molar-refractivity contribution < 1.29 is 15.0 Å². The largest absolute Gasteiger partial charge is 0.392 e. The first-order valence-corrected chi connectivity index (χ1v) is 8.10. The van der Waals surface area contributed by atoms with Crippen LogP contribution in [0, 0.1) is 0 Å². The molecule has 5 heteroatoms. The van der Waals surface area contributed by atoms with Crippen LogP contribution in [-0.4, -0.2) is 52.3 Å². The average Bonchev–Trinajstić information content (AvgIpc) is 3.16. The van der Waals surface area contributed by atoms with Gasteiger partial charge < -0.3 is 20.4 Å². The second kappa shape index (κ2) is 6.77. The van der Waals surface area contributed by atoms with Crippen molar-refractivity contribution in [1.82, 2.24) is 10.2 Å². The van der Waals surface area contributed by atoms with Crippen LogP contribution in [0.25, 0.3) is 0 Å². The van der Waals surface area contributed by atoms with Gasteiger partial charge in [-0.1, -0.05) is 30.3 Å². The van der Waals surface area contributed by atoms with Gasteiger partial charge in [-0.15, -0.1) is 0 Å². The maximum absolute atomic E-state index is 12.6. The van der Waals surface area contributed by atoms with E-state index in [4.69, 9.17) is 0 Å². The minimum absolute atomic E-state index is 0.0688. The fourth-order valence-corrected chi connectivity index (χ4v) is 3.55. The lowest BCUT2D eigenvalue weighted by Gasteiger charge is -2.29. The van der Waals surface area contributed by atoms with Crippen molar-refractivity contribution in [2.24, 2.45) is 0 Å². The van der Waals surface area contributed by atoms with Crippen LogP contribution < -0.4 is 5.32 Å². The fraction of sp³-hybridized carbons (Fsp3) is 0.588. The Bertz CT molecular complexity index is 508. The maximum atomic E-state index is 12.6. The first kappa shape index (κ1) is 15.5. The molecule has 4 unspecified atom stereocenters. The predicted molar refractivity (Wildman–Crippen MR) is 83.2 cm³/mol. The molecule has 0 spiro atoms. The van der Waals surface area contributed by atoms with E-state index >= 15 is 0 Å². The number of amides is 1. The van der Waals surface area contributed by atoms with Crippen LogP contribution in [0.4, 0.5) is 0 Å². The van der Waals surface area contributed by atoms with Gasteiger partial charge in [0.05, 0.1) is 18.2 Å². The summed E-state index contributed by atoms with van der Waals surface area (Å²) in [6.45, 7) is 1.24. The Kier molecular flexibility index (Phi) is 4.76. The summed E-state index contributed by atoms with van der Waals surface area (Å²) in [6.07, 6.45) is 2.01. The molecular weight excluding hydrogens is 280 g/mol. The number of aliphatic hydroxyl groups is 2. The average molecular weight is 304 g/mol. The number of β-amino-alcohol motifs (C(OH)–C–C–N with tert-alkyl or cyclic N) is 1. The van der Waals surface area contributed by atoms with Gasteiger partial charge in [-0.25, -0.2) is 0 Å². The molecule has 22 heavy (non-hydrogen) atoms. The van der Waals surface area contributed by atoms with E-state index in [1.165, 1.54) is 0 Å². The van der Waals surface area contributed by atoms with Crippen LogP contribution in [0.2, 0.25) is 0 Å². The van der Waals surface area contributed by atoms with E-state index in [-0.39, 0.29) is 18.0 Å². The first-order chi connectivity index (χ1) is 10.6. The zero-order valence-corrected chi connectivity index (χ0v) is 12.7. The Morgan fingerprint density at radius 2 is 2.14 bits per heavy atom. The summed E-state index contributed by atoms with van der Waals surface area (Å²) in [4.78, 5) is 14.5. The number of hydrogen-bond acceptors (Lipinski definition) is 4. The summed E-state index contributed by atoms with van der Waals surface area (Å²) in [5.74, 6) is 0.0688. The van der Waals surface area contributed by atoms with Crippen molar-refractivity contribution in [1.29, 1.82) is 0 Å². The lowest BCUT2D eigenvalue weighted by atomic mass is 10.00. The topological polar surface area (TPSA) is 72.8 Å². The molecule has 1 amide bonds. The molecule has 2 heterocycles. The Balaban J connectivity index is 1.62. The lowest BCUT2D eigenvalue weighted by molar-refractivity contribution is -0.134. The van der Waals surface area contributed by atoms with Crippen molar-refractivity contribution in [2.45, 2.75) is 50.0 Å². The number of nitrogens with one attached hydrogen (secondary N) is 1. The summed E-state index contributed by atoms with van der Waals surface area (Å²) < 4.78 is 0. The van der Waals surface area contributed by atoms with Gasteiger partial charge in [-0.2, -0.15) is 0 Å². The van der Waals surface area contributed by atoms with Crippen LogP contribution in [0.1, 0.15) is 37.4 Å². The number of rotatable bonds is 4. The van der Waals surface area contributed by atoms with Crippen molar-refractivity contribution in [3.05, 3.63) is 35.9 Å². The lowest BCUT2D eigenvalue weighted by Crippen LogP contribution is -2.46. The molecule has 3 rings (SSSR count). The minimum Gasteiger partial charge on any atom is -0.392 e. The van der Waals surface area contributed by atoms with Gasteiger partial charge >= 0.3 is 0 Å². The molecule has 2 aliphatic heterocycles. The molecule has 2 aliphatic rings. The monoisotopic (exact) mass is 304 g/mol. The highest BCUT2D eigenvalue weighted by Gasteiger charge is 2.37. The Hall–Kier alpha value is -1.43. The Labute approximate surface area is 130 Å². The second-order valence-electron chi connectivity index (χ2n) is 6.34. The molecule has 0 aliphatic carbocycles.